The Bertz CT molecular complexity index is 1840. The number of ether oxygens (including phenoxy) is 3. The molecule has 1 atom stereocenters. The van der Waals surface area contributed by atoms with Crippen molar-refractivity contribution in [2.75, 3.05) is 13.2 Å². The Kier molecular flexibility index (Phi) is 65.4. The topological polar surface area (TPSA) is 78.9 Å². The maximum Gasteiger partial charge on any atom is 0.306 e. The second-order valence-electron chi connectivity index (χ2n) is 22.0. The van der Waals surface area contributed by atoms with Gasteiger partial charge < -0.3 is 14.2 Å². The largest absolute Gasteiger partial charge is 0.462 e. The summed E-state index contributed by atoms with van der Waals surface area (Å²) in [4.78, 5) is 38.5. The molecule has 0 amide bonds. The van der Waals surface area contributed by atoms with Crippen molar-refractivity contribution in [1.29, 1.82) is 0 Å². The fourth-order valence-electron chi connectivity index (χ4n) is 8.97. The lowest BCUT2D eigenvalue weighted by Crippen LogP contribution is -2.30. The number of allylic oxidation sites excluding steroid dienone is 26. The normalized spacial score (nSPS) is 13.1. The molecule has 468 valence electrons. The standard InChI is InChI=1S/C77H124O6/c1-4-7-10-13-16-19-22-25-28-31-34-36-37-38-39-41-43-46-49-52-55-58-61-64-67-70-76(79)82-73-74(72-81-75(78)69-66-63-60-57-54-51-48-45-42-33-30-27-24-21-18-15-12-9-6-3)83-77(80)71-68-65-62-59-56-53-50-47-44-40-35-32-29-26-23-20-17-14-11-8-5-2/h8-9,11-12,17-18,20-22,25-27,29-31,34-35,37-38,40,42,45,47,50-51,54,74H,4-7,10,13-16,19,23-24,28,32-33,36,39,41,43-44,46,48-49,52-53,55-73H2,1-3H3/b11-8-,12-9-,20-17-,21-18-,25-22-,29-26-,30-27-,34-31-,38-37-,40-35-,45-42-,50-47-,54-51-. The Morgan fingerprint density at radius 2 is 0.470 bits per heavy atom. The third kappa shape index (κ3) is 67.7. The lowest BCUT2D eigenvalue weighted by Gasteiger charge is -2.18. The molecule has 0 aromatic carbocycles. The first kappa shape index (κ1) is 78.0. The smallest absolute Gasteiger partial charge is 0.306 e. The first-order chi connectivity index (χ1) is 41.0. The summed E-state index contributed by atoms with van der Waals surface area (Å²) < 4.78 is 16.9. The van der Waals surface area contributed by atoms with E-state index in [9.17, 15) is 14.4 Å². The summed E-state index contributed by atoms with van der Waals surface area (Å²) in [7, 11) is 0. The Hall–Kier alpha value is -4.97. The van der Waals surface area contributed by atoms with Gasteiger partial charge >= 0.3 is 17.9 Å². The van der Waals surface area contributed by atoms with Crippen molar-refractivity contribution in [3.8, 4) is 0 Å². The van der Waals surface area contributed by atoms with Crippen LogP contribution in [0.5, 0.6) is 0 Å². The summed E-state index contributed by atoms with van der Waals surface area (Å²) in [5.74, 6) is -0.960. The molecule has 0 aliphatic heterocycles. The van der Waals surface area contributed by atoms with Crippen LogP contribution in [0.3, 0.4) is 0 Å². The van der Waals surface area contributed by atoms with Crippen LogP contribution in [-0.2, 0) is 28.6 Å². The van der Waals surface area contributed by atoms with Gasteiger partial charge in [-0.25, -0.2) is 0 Å². The SMILES string of the molecule is CC/C=C\C/C=C\C/C=C\C/C=C\C/C=C\CCCCCCCC(=O)OC(COC(=O)CCCCC/C=C\C/C=C\C/C=C\C/C=C\C/C=C\CC)COC(=O)CCCCCCCCCCCC/C=C\C/C=C\C/C=C\CCCCCCC. The van der Waals surface area contributed by atoms with Crippen molar-refractivity contribution in [2.24, 2.45) is 0 Å². The third-order valence-corrected chi connectivity index (χ3v) is 14.0. The Labute approximate surface area is 511 Å². The predicted molar refractivity (Wildman–Crippen MR) is 362 cm³/mol. The molecule has 0 heterocycles. The quantitative estimate of drug-likeness (QED) is 0.0261. The molecule has 0 saturated heterocycles. The van der Waals surface area contributed by atoms with Crippen molar-refractivity contribution in [3.63, 3.8) is 0 Å². The van der Waals surface area contributed by atoms with Crippen LogP contribution in [0.4, 0.5) is 0 Å². The fraction of sp³-hybridized carbons (Fsp3) is 0.623. The minimum atomic E-state index is -0.815. The highest BCUT2D eigenvalue weighted by atomic mass is 16.6. The van der Waals surface area contributed by atoms with E-state index in [-0.39, 0.29) is 31.1 Å². The van der Waals surface area contributed by atoms with Crippen LogP contribution in [0.15, 0.2) is 158 Å². The van der Waals surface area contributed by atoms with E-state index >= 15 is 0 Å². The van der Waals surface area contributed by atoms with E-state index in [0.29, 0.717) is 19.3 Å². The number of hydrogen-bond acceptors (Lipinski definition) is 6. The van der Waals surface area contributed by atoms with Gasteiger partial charge in [-0.15, -0.1) is 0 Å². The molecule has 0 aromatic rings. The molecule has 0 N–H and O–H groups in total. The molecule has 6 nitrogen and oxygen atoms in total. The van der Waals surface area contributed by atoms with Crippen molar-refractivity contribution in [2.45, 2.75) is 297 Å². The molecular weight excluding hydrogens is 1020 g/mol. The number of carbonyl (C=O) groups excluding carboxylic acids is 3. The highest BCUT2D eigenvalue weighted by Crippen LogP contribution is 2.15. The van der Waals surface area contributed by atoms with Crippen LogP contribution in [0.2, 0.25) is 0 Å². The third-order valence-electron chi connectivity index (χ3n) is 14.0. The lowest BCUT2D eigenvalue weighted by atomic mass is 10.1. The summed E-state index contributed by atoms with van der Waals surface area (Å²) in [6.07, 6.45) is 101. The molecular formula is C77H124O6. The van der Waals surface area contributed by atoms with E-state index < -0.39 is 6.10 Å². The molecule has 0 bridgehead atoms. The highest BCUT2D eigenvalue weighted by molar-refractivity contribution is 5.71. The zero-order valence-corrected chi connectivity index (χ0v) is 53.7. The van der Waals surface area contributed by atoms with Crippen molar-refractivity contribution < 1.29 is 28.6 Å². The van der Waals surface area contributed by atoms with E-state index in [1.54, 1.807) is 0 Å². The average Bonchev–Trinajstić information content (AvgIpc) is 3.50. The zero-order valence-electron chi connectivity index (χ0n) is 53.7. The van der Waals surface area contributed by atoms with Gasteiger partial charge in [0, 0.05) is 19.3 Å². The second-order valence-corrected chi connectivity index (χ2v) is 22.0. The zero-order chi connectivity index (χ0) is 59.9. The minimum absolute atomic E-state index is 0.105. The summed E-state index contributed by atoms with van der Waals surface area (Å²) in [5.41, 5.74) is 0. The van der Waals surface area contributed by atoms with Crippen molar-refractivity contribution in [3.05, 3.63) is 158 Å². The fourth-order valence-corrected chi connectivity index (χ4v) is 8.97. The van der Waals surface area contributed by atoms with Gasteiger partial charge in [-0.05, 0) is 148 Å². The monoisotopic (exact) mass is 1140 g/mol. The van der Waals surface area contributed by atoms with Gasteiger partial charge in [0.2, 0.25) is 0 Å². The Morgan fingerprint density at radius 1 is 0.253 bits per heavy atom. The molecule has 0 spiro atoms. The van der Waals surface area contributed by atoms with Crippen molar-refractivity contribution >= 4 is 17.9 Å². The molecule has 6 heteroatoms. The van der Waals surface area contributed by atoms with Gasteiger partial charge in [0.15, 0.2) is 6.10 Å². The van der Waals surface area contributed by atoms with Gasteiger partial charge in [0.05, 0.1) is 0 Å². The van der Waals surface area contributed by atoms with Gasteiger partial charge in [-0.1, -0.05) is 281 Å². The molecule has 0 aliphatic rings. The predicted octanol–water partition coefficient (Wildman–Crippen LogP) is 23.7. The van der Waals surface area contributed by atoms with Crippen LogP contribution in [0, 0.1) is 0 Å². The first-order valence-corrected chi connectivity index (χ1v) is 34.0. The number of unbranched alkanes of at least 4 members (excludes halogenated alkanes) is 23. The van der Waals surface area contributed by atoms with Crippen LogP contribution in [-0.4, -0.2) is 37.2 Å². The summed E-state index contributed by atoms with van der Waals surface area (Å²) in [5, 5.41) is 0. The molecule has 0 fully saturated rings. The minimum Gasteiger partial charge on any atom is -0.462 e. The van der Waals surface area contributed by atoms with Crippen LogP contribution >= 0.6 is 0 Å². The van der Waals surface area contributed by atoms with E-state index in [4.69, 9.17) is 14.2 Å². The first-order valence-electron chi connectivity index (χ1n) is 34.0. The second kappa shape index (κ2) is 69.5. The highest BCUT2D eigenvalue weighted by Gasteiger charge is 2.19. The van der Waals surface area contributed by atoms with Gasteiger partial charge in [-0.3, -0.25) is 14.4 Å². The molecule has 0 rings (SSSR count). The maximum atomic E-state index is 13.0. The molecule has 83 heavy (non-hydrogen) atoms. The summed E-state index contributed by atoms with van der Waals surface area (Å²) in [6, 6.07) is 0. The van der Waals surface area contributed by atoms with E-state index in [0.717, 1.165) is 161 Å². The van der Waals surface area contributed by atoms with Crippen LogP contribution in [0.25, 0.3) is 0 Å². The molecule has 0 radical (unpaired) electrons. The Balaban J connectivity index is 4.49. The van der Waals surface area contributed by atoms with Crippen LogP contribution in [0.1, 0.15) is 290 Å². The Morgan fingerprint density at radius 3 is 0.747 bits per heavy atom. The van der Waals surface area contributed by atoms with E-state index in [1.807, 2.05) is 0 Å². The van der Waals surface area contributed by atoms with Crippen molar-refractivity contribution in [1.82, 2.24) is 0 Å². The number of hydrogen-bond donors (Lipinski definition) is 0. The molecule has 1 unspecified atom stereocenters. The number of carbonyl (C=O) groups is 3. The van der Waals surface area contributed by atoms with E-state index in [2.05, 4.69) is 179 Å². The summed E-state index contributed by atoms with van der Waals surface area (Å²) in [6.45, 7) is 6.36. The average molecular weight is 1150 g/mol. The van der Waals surface area contributed by atoms with E-state index in [1.165, 1.54) is 89.9 Å². The van der Waals surface area contributed by atoms with Gasteiger partial charge in [-0.2, -0.15) is 0 Å². The number of rotatable bonds is 60. The molecule has 0 aromatic heterocycles. The van der Waals surface area contributed by atoms with Gasteiger partial charge in [0.25, 0.3) is 0 Å². The summed E-state index contributed by atoms with van der Waals surface area (Å²) >= 11 is 0. The lowest BCUT2D eigenvalue weighted by molar-refractivity contribution is -0.167. The van der Waals surface area contributed by atoms with Gasteiger partial charge in [0.1, 0.15) is 13.2 Å². The van der Waals surface area contributed by atoms with Crippen LogP contribution < -0.4 is 0 Å². The molecule has 0 aliphatic carbocycles. The maximum absolute atomic E-state index is 13.0. The molecule has 0 saturated carbocycles. The number of esters is 3.